The smallest absolute Gasteiger partial charge is 0.227 e. The molecular weight excluding hydrogens is 315 g/mol. The molecule has 0 atom stereocenters. The van der Waals surface area contributed by atoms with Gasteiger partial charge in [0, 0.05) is 37.2 Å². The Hall–Kier alpha value is -2.20. The van der Waals surface area contributed by atoms with E-state index < -0.39 is 0 Å². The number of halogens is 1. The van der Waals surface area contributed by atoms with E-state index >= 15 is 0 Å². The van der Waals surface area contributed by atoms with Gasteiger partial charge in [-0.25, -0.2) is 4.39 Å². The second-order valence-corrected chi connectivity index (χ2v) is 7.44. The summed E-state index contributed by atoms with van der Waals surface area (Å²) in [5.74, 6) is 0.0801. The van der Waals surface area contributed by atoms with Gasteiger partial charge in [0.2, 0.25) is 5.91 Å². The molecule has 1 spiro atoms. The molecule has 2 aliphatic rings. The molecule has 2 aliphatic heterocycles. The lowest BCUT2D eigenvalue weighted by Crippen LogP contribution is -2.57. The van der Waals surface area contributed by atoms with Crippen molar-refractivity contribution in [2.24, 2.45) is 5.41 Å². The van der Waals surface area contributed by atoms with Crippen LogP contribution in [0.4, 0.5) is 10.1 Å². The first-order chi connectivity index (χ1) is 12.1. The molecule has 2 aromatic rings. The normalized spacial score (nSPS) is 19.4. The maximum absolute atomic E-state index is 13.2. The van der Waals surface area contributed by atoms with Crippen LogP contribution < -0.4 is 4.90 Å². The van der Waals surface area contributed by atoms with Crippen molar-refractivity contribution in [3.63, 3.8) is 0 Å². The van der Waals surface area contributed by atoms with Gasteiger partial charge in [0.1, 0.15) is 5.82 Å². The second-order valence-electron chi connectivity index (χ2n) is 7.44. The number of aryl methyl sites for hydroxylation is 1. The molecule has 0 aliphatic carbocycles. The van der Waals surface area contributed by atoms with E-state index in [1.54, 1.807) is 12.1 Å². The zero-order chi connectivity index (χ0) is 17.3. The fourth-order valence-electron chi connectivity index (χ4n) is 4.21. The fourth-order valence-corrected chi connectivity index (χ4v) is 4.21. The van der Waals surface area contributed by atoms with E-state index in [1.807, 2.05) is 41.3 Å². The van der Waals surface area contributed by atoms with Crippen molar-refractivity contribution < 1.29 is 9.18 Å². The van der Waals surface area contributed by atoms with Crippen LogP contribution in [0.2, 0.25) is 0 Å². The molecule has 2 saturated heterocycles. The molecule has 1 amide bonds. The molecule has 130 valence electrons. The average molecular weight is 338 g/mol. The van der Waals surface area contributed by atoms with Gasteiger partial charge in [0.05, 0.1) is 0 Å². The van der Waals surface area contributed by atoms with Crippen molar-refractivity contribution in [3.8, 4) is 0 Å². The number of amides is 1. The first-order valence-corrected chi connectivity index (χ1v) is 8.96. The SMILES string of the molecule is O=C1CC2(CN(CCCc3cccc(F)c3)C2)CN1c1ccccc1. The summed E-state index contributed by atoms with van der Waals surface area (Å²) in [6.07, 6.45) is 2.58. The van der Waals surface area contributed by atoms with E-state index in [-0.39, 0.29) is 17.1 Å². The molecule has 4 heteroatoms. The number of para-hydroxylation sites is 1. The fraction of sp³-hybridized carbons (Fsp3) is 0.381. The highest BCUT2D eigenvalue weighted by Crippen LogP contribution is 2.41. The molecule has 2 fully saturated rings. The number of carbonyl (C=O) groups is 1. The highest BCUT2D eigenvalue weighted by atomic mass is 19.1. The number of benzene rings is 2. The monoisotopic (exact) mass is 338 g/mol. The van der Waals surface area contributed by atoms with Crippen molar-refractivity contribution in [1.82, 2.24) is 4.90 Å². The van der Waals surface area contributed by atoms with Crippen molar-refractivity contribution in [2.75, 3.05) is 31.1 Å². The van der Waals surface area contributed by atoms with Crippen LogP contribution in [0, 0.1) is 11.2 Å². The Balaban J connectivity index is 1.27. The van der Waals surface area contributed by atoms with Gasteiger partial charge in [0.15, 0.2) is 0 Å². The molecule has 2 heterocycles. The zero-order valence-corrected chi connectivity index (χ0v) is 14.3. The lowest BCUT2D eigenvalue weighted by Gasteiger charge is -2.47. The summed E-state index contributed by atoms with van der Waals surface area (Å²) < 4.78 is 13.2. The third kappa shape index (κ3) is 3.45. The Labute approximate surface area is 148 Å². The number of nitrogens with zero attached hydrogens (tertiary/aromatic N) is 2. The molecule has 0 saturated carbocycles. The van der Waals surface area contributed by atoms with Crippen molar-refractivity contribution >= 4 is 11.6 Å². The Morgan fingerprint density at radius 1 is 1.00 bits per heavy atom. The van der Waals surface area contributed by atoms with Crippen molar-refractivity contribution in [1.29, 1.82) is 0 Å². The molecule has 25 heavy (non-hydrogen) atoms. The van der Waals surface area contributed by atoms with Gasteiger partial charge in [0.25, 0.3) is 0 Å². The number of hydrogen-bond donors (Lipinski definition) is 0. The molecule has 0 radical (unpaired) electrons. The van der Waals surface area contributed by atoms with Crippen LogP contribution in [-0.4, -0.2) is 37.0 Å². The van der Waals surface area contributed by atoms with Gasteiger partial charge >= 0.3 is 0 Å². The maximum Gasteiger partial charge on any atom is 0.227 e. The standard InChI is InChI=1S/C21H23FN2O/c22-18-8-4-6-17(12-18)7-5-11-23-14-21(15-23)13-20(25)24(16-21)19-9-2-1-3-10-19/h1-4,6,8-10,12H,5,7,11,13-16H2. The Bertz CT molecular complexity index is 756. The summed E-state index contributed by atoms with van der Waals surface area (Å²) in [5, 5.41) is 0. The summed E-state index contributed by atoms with van der Waals surface area (Å²) in [6, 6.07) is 16.8. The van der Waals surface area contributed by atoms with Crippen LogP contribution >= 0.6 is 0 Å². The number of likely N-dealkylation sites (tertiary alicyclic amines) is 1. The summed E-state index contributed by atoms with van der Waals surface area (Å²) >= 11 is 0. The number of anilines is 1. The topological polar surface area (TPSA) is 23.6 Å². The summed E-state index contributed by atoms with van der Waals surface area (Å²) in [6.45, 7) is 3.82. The molecule has 3 nitrogen and oxygen atoms in total. The van der Waals surface area contributed by atoms with E-state index in [2.05, 4.69) is 4.90 Å². The van der Waals surface area contributed by atoms with E-state index in [4.69, 9.17) is 0 Å². The van der Waals surface area contributed by atoms with E-state index in [0.29, 0.717) is 6.42 Å². The lowest BCUT2D eigenvalue weighted by molar-refractivity contribution is -0.119. The zero-order valence-electron chi connectivity index (χ0n) is 14.3. The summed E-state index contributed by atoms with van der Waals surface area (Å²) in [7, 11) is 0. The minimum atomic E-state index is -0.161. The van der Waals surface area contributed by atoms with Crippen LogP contribution in [-0.2, 0) is 11.2 Å². The molecule has 0 unspecified atom stereocenters. The van der Waals surface area contributed by atoms with Crippen LogP contribution in [0.25, 0.3) is 0 Å². The molecule has 2 aromatic carbocycles. The first-order valence-electron chi connectivity index (χ1n) is 8.96. The second kappa shape index (κ2) is 6.60. The number of carbonyl (C=O) groups excluding carboxylic acids is 1. The highest BCUT2D eigenvalue weighted by molar-refractivity contribution is 5.96. The van der Waals surface area contributed by atoms with E-state index in [9.17, 15) is 9.18 Å². The lowest BCUT2D eigenvalue weighted by atomic mass is 9.79. The van der Waals surface area contributed by atoms with Crippen LogP contribution in [0.1, 0.15) is 18.4 Å². The Morgan fingerprint density at radius 3 is 2.56 bits per heavy atom. The van der Waals surface area contributed by atoms with Gasteiger partial charge in [-0.15, -0.1) is 0 Å². The van der Waals surface area contributed by atoms with Crippen LogP contribution in [0.15, 0.2) is 54.6 Å². The number of rotatable bonds is 5. The molecular formula is C21H23FN2O. The Kier molecular flexibility index (Phi) is 4.30. The maximum atomic E-state index is 13.2. The quantitative estimate of drug-likeness (QED) is 0.833. The minimum absolute atomic E-state index is 0.131. The van der Waals surface area contributed by atoms with Crippen LogP contribution in [0.5, 0.6) is 0 Å². The van der Waals surface area contributed by atoms with Gasteiger partial charge in [-0.3, -0.25) is 4.79 Å². The predicted octanol–water partition coefficient (Wildman–Crippen LogP) is 3.50. The number of hydrogen-bond acceptors (Lipinski definition) is 2. The van der Waals surface area contributed by atoms with Crippen molar-refractivity contribution in [2.45, 2.75) is 19.3 Å². The van der Waals surface area contributed by atoms with Gasteiger partial charge in [-0.05, 0) is 49.2 Å². The first kappa shape index (κ1) is 16.3. The summed E-state index contributed by atoms with van der Waals surface area (Å²) in [5.41, 5.74) is 2.20. The molecule has 0 aromatic heterocycles. The summed E-state index contributed by atoms with van der Waals surface area (Å²) in [4.78, 5) is 16.7. The third-order valence-electron chi connectivity index (χ3n) is 5.34. The Morgan fingerprint density at radius 2 is 1.80 bits per heavy atom. The van der Waals surface area contributed by atoms with Crippen LogP contribution in [0.3, 0.4) is 0 Å². The van der Waals surface area contributed by atoms with E-state index in [1.165, 1.54) is 6.07 Å². The molecule has 0 N–H and O–H groups in total. The average Bonchev–Trinajstić information content (AvgIpc) is 2.93. The van der Waals surface area contributed by atoms with Crippen molar-refractivity contribution in [3.05, 3.63) is 66.0 Å². The van der Waals surface area contributed by atoms with Gasteiger partial charge in [-0.1, -0.05) is 30.3 Å². The minimum Gasteiger partial charge on any atom is -0.312 e. The largest absolute Gasteiger partial charge is 0.312 e. The predicted molar refractivity (Wildman–Crippen MR) is 97.0 cm³/mol. The molecule has 0 bridgehead atoms. The van der Waals surface area contributed by atoms with Gasteiger partial charge < -0.3 is 9.80 Å². The van der Waals surface area contributed by atoms with Gasteiger partial charge in [-0.2, -0.15) is 0 Å². The van der Waals surface area contributed by atoms with E-state index in [0.717, 1.165) is 50.3 Å². The molecule has 4 rings (SSSR count). The highest BCUT2D eigenvalue weighted by Gasteiger charge is 2.51. The third-order valence-corrected chi connectivity index (χ3v) is 5.34.